The molecule has 1 N–H and O–H groups in total. The third-order valence-electron chi connectivity index (χ3n) is 6.12. The van der Waals surface area contributed by atoms with Crippen LogP contribution in [0, 0.1) is 13.8 Å². The van der Waals surface area contributed by atoms with Crippen molar-refractivity contribution in [1.82, 2.24) is 9.55 Å². The lowest BCUT2D eigenvalue weighted by Gasteiger charge is -2.28. The van der Waals surface area contributed by atoms with Crippen LogP contribution in [-0.4, -0.2) is 47.2 Å². The monoisotopic (exact) mass is 466 g/mol. The number of carbonyl (C=O) groups is 2. The number of aromatic nitrogens is 2. The maximum atomic E-state index is 12.7. The first-order chi connectivity index (χ1) is 16.0. The Bertz CT molecular complexity index is 1200. The average molecular weight is 467 g/mol. The van der Waals surface area contributed by atoms with Crippen LogP contribution < -0.4 is 15.0 Å². The van der Waals surface area contributed by atoms with E-state index < -0.39 is 0 Å². The molecule has 0 unspecified atom stereocenters. The van der Waals surface area contributed by atoms with E-state index in [-0.39, 0.29) is 31.1 Å². The van der Waals surface area contributed by atoms with Gasteiger partial charge in [-0.05, 0) is 44.9 Å². The van der Waals surface area contributed by atoms with Crippen molar-refractivity contribution in [3.63, 3.8) is 0 Å². The van der Waals surface area contributed by atoms with Crippen molar-refractivity contribution in [3.05, 3.63) is 47.1 Å². The molecule has 1 aromatic carbocycles. The van der Waals surface area contributed by atoms with Crippen molar-refractivity contribution in [2.75, 3.05) is 30.0 Å². The minimum atomic E-state index is -0.301. The lowest BCUT2D eigenvalue weighted by molar-refractivity contribution is -0.123. The second-order valence-electron chi connectivity index (χ2n) is 8.35. The first-order valence-electron chi connectivity index (χ1n) is 11.1. The predicted molar refractivity (Wildman–Crippen MR) is 127 cm³/mol. The third kappa shape index (κ3) is 4.38. The highest BCUT2D eigenvalue weighted by Gasteiger charge is 2.27. The highest BCUT2D eigenvalue weighted by atomic mass is 32.1. The van der Waals surface area contributed by atoms with Crippen molar-refractivity contribution < 1.29 is 19.1 Å². The predicted octanol–water partition coefficient (Wildman–Crippen LogP) is 3.77. The number of benzene rings is 1. The van der Waals surface area contributed by atoms with E-state index in [1.165, 1.54) is 21.9 Å². The van der Waals surface area contributed by atoms with E-state index in [4.69, 9.17) is 9.47 Å². The van der Waals surface area contributed by atoms with Gasteiger partial charge in [0.1, 0.15) is 12.3 Å². The molecule has 2 aliphatic rings. The van der Waals surface area contributed by atoms with E-state index in [0.717, 1.165) is 42.9 Å². The summed E-state index contributed by atoms with van der Waals surface area (Å²) in [5.74, 6) is 0.0481. The molecule has 8 nitrogen and oxygen atoms in total. The molecule has 2 aromatic heterocycles. The normalized spacial score (nSPS) is 17.7. The van der Waals surface area contributed by atoms with Crippen LogP contribution in [-0.2, 0) is 20.9 Å². The summed E-state index contributed by atoms with van der Waals surface area (Å²) in [4.78, 5) is 31.1. The Kier molecular flexibility index (Phi) is 5.90. The van der Waals surface area contributed by atoms with E-state index in [1.807, 2.05) is 17.5 Å². The fraction of sp³-hybridized carbons (Fsp3) is 0.375. The van der Waals surface area contributed by atoms with E-state index >= 15 is 0 Å². The molecule has 1 atom stereocenters. The van der Waals surface area contributed by atoms with Gasteiger partial charge in [-0.25, -0.2) is 4.98 Å². The Labute approximate surface area is 196 Å². The molecule has 0 radical (unpaired) electrons. The summed E-state index contributed by atoms with van der Waals surface area (Å²) in [6, 6.07) is 9.34. The van der Waals surface area contributed by atoms with Crippen LogP contribution in [0.4, 0.5) is 10.8 Å². The fourth-order valence-corrected chi connectivity index (χ4v) is 5.14. The van der Waals surface area contributed by atoms with E-state index in [0.29, 0.717) is 16.6 Å². The number of rotatable bonds is 6. The van der Waals surface area contributed by atoms with Gasteiger partial charge in [0.25, 0.3) is 5.91 Å². The molecule has 1 saturated heterocycles. The highest BCUT2D eigenvalue weighted by Crippen LogP contribution is 2.32. The van der Waals surface area contributed by atoms with E-state index in [9.17, 15) is 9.59 Å². The van der Waals surface area contributed by atoms with Gasteiger partial charge < -0.3 is 19.4 Å². The summed E-state index contributed by atoms with van der Waals surface area (Å²) < 4.78 is 13.5. The zero-order valence-corrected chi connectivity index (χ0v) is 19.5. The number of fused-ring (bicyclic) bond motifs is 1. The smallest absolute Gasteiger partial charge is 0.265 e. The molecular weight excluding hydrogens is 440 g/mol. The van der Waals surface area contributed by atoms with Gasteiger partial charge in [-0.3, -0.25) is 14.5 Å². The number of hydrogen-bond donors (Lipinski definition) is 1. The van der Waals surface area contributed by atoms with Crippen molar-refractivity contribution in [1.29, 1.82) is 0 Å². The van der Waals surface area contributed by atoms with Crippen LogP contribution in [0.2, 0.25) is 0 Å². The summed E-state index contributed by atoms with van der Waals surface area (Å²) in [5, 5.41) is 5.29. The van der Waals surface area contributed by atoms with Gasteiger partial charge in [0.2, 0.25) is 5.91 Å². The van der Waals surface area contributed by atoms with Crippen molar-refractivity contribution in [2.45, 2.75) is 39.3 Å². The number of nitrogens with one attached hydrogen (secondary N) is 1. The fourth-order valence-electron chi connectivity index (χ4n) is 4.42. The SMILES string of the molecule is Cc1cc(-c2csc(NC(=O)CN3C(=O)COc4ccccc43)n2)c(C)n1C[C@H]1CCCO1. The number of nitrogens with zero attached hydrogens (tertiary/aromatic N) is 3. The first kappa shape index (κ1) is 21.7. The van der Waals surface area contributed by atoms with Crippen LogP contribution in [0.5, 0.6) is 5.75 Å². The quantitative estimate of drug-likeness (QED) is 0.598. The molecular formula is C24H26N4O4S. The minimum Gasteiger partial charge on any atom is -0.482 e. The molecule has 5 rings (SSSR count). The number of para-hydroxylation sites is 2. The number of amides is 2. The van der Waals surface area contributed by atoms with Crippen LogP contribution in [0.1, 0.15) is 24.2 Å². The number of carbonyl (C=O) groups excluding carboxylic acids is 2. The van der Waals surface area contributed by atoms with E-state index in [1.54, 1.807) is 12.1 Å². The van der Waals surface area contributed by atoms with Gasteiger partial charge in [-0.15, -0.1) is 11.3 Å². The molecule has 4 heterocycles. The average Bonchev–Trinajstić information content (AvgIpc) is 3.54. The molecule has 0 bridgehead atoms. The Morgan fingerprint density at radius 1 is 1.30 bits per heavy atom. The maximum Gasteiger partial charge on any atom is 0.265 e. The van der Waals surface area contributed by atoms with Gasteiger partial charge in [0.15, 0.2) is 11.7 Å². The lowest BCUT2D eigenvalue weighted by Crippen LogP contribution is -2.43. The zero-order chi connectivity index (χ0) is 22.9. The van der Waals surface area contributed by atoms with Crippen LogP contribution in [0.25, 0.3) is 11.3 Å². The Morgan fingerprint density at radius 3 is 2.97 bits per heavy atom. The second-order valence-corrected chi connectivity index (χ2v) is 9.21. The number of ether oxygens (including phenoxy) is 2. The summed E-state index contributed by atoms with van der Waals surface area (Å²) in [7, 11) is 0. The molecule has 1 fully saturated rings. The van der Waals surface area contributed by atoms with Crippen LogP contribution >= 0.6 is 11.3 Å². The van der Waals surface area contributed by atoms with Crippen LogP contribution in [0.15, 0.2) is 35.7 Å². The Balaban J connectivity index is 1.28. The highest BCUT2D eigenvalue weighted by molar-refractivity contribution is 7.14. The standard InChI is InChI=1S/C24H26N4O4S/c1-15-10-18(16(2)27(15)11-17-6-5-9-31-17)19-14-33-24(25-19)26-22(29)12-28-20-7-3-4-8-21(20)32-13-23(28)30/h3-4,7-8,10,14,17H,5-6,9,11-13H2,1-2H3,(H,25,26,29)/t17-/m1/s1. The minimum absolute atomic E-state index is 0.0762. The Hall–Kier alpha value is -3.17. The van der Waals surface area contributed by atoms with Gasteiger partial charge in [-0.2, -0.15) is 0 Å². The molecule has 2 amide bonds. The van der Waals surface area contributed by atoms with Crippen molar-refractivity contribution >= 4 is 34.0 Å². The Morgan fingerprint density at radius 2 is 2.15 bits per heavy atom. The van der Waals surface area contributed by atoms with Gasteiger partial charge in [0.05, 0.1) is 17.5 Å². The van der Waals surface area contributed by atoms with Gasteiger partial charge in [-0.1, -0.05) is 12.1 Å². The molecule has 2 aliphatic heterocycles. The maximum absolute atomic E-state index is 12.7. The largest absolute Gasteiger partial charge is 0.482 e. The molecule has 0 saturated carbocycles. The van der Waals surface area contributed by atoms with Crippen molar-refractivity contribution in [3.8, 4) is 17.0 Å². The number of hydrogen-bond acceptors (Lipinski definition) is 6. The molecule has 9 heteroatoms. The first-order valence-corrected chi connectivity index (χ1v) is 11.9. The summed E-state index contributed by atoms with van der Waals surface area (Å²) in [6.45, 7) is 5.71. The van der Waals surface area contributed by atoms with Gasteiger partial charge >= 0.3 is 0 Å². The summed E-state index contributed by atoms with van der Waals surface area (Å²) in [6.07, 6.45) is 2.48. The topological polar surface area (TPSA) is 85.7 Å². The van der Waals surface area contributed by atoms with E-state index in [2.05, 4.69) is 34.8 Å². The molecule has 3 aromatic rings. The third-order valence-corrected chi connectivity index (χ3v) is 6.88. The molecule has 0 aliphatic carbocycles. The lowest BCUT2D eigenvalue weighted by atomic mass is 10.2. The number of aryl methyl sites for hydroxylation is 1. The van der Waals surface area contributed by atoms with Gasteiger partial charge in [0, 0.05) is 35.5 Å². The molecule has 33 heavy (non-hydrogen) atoms. The zero-order valence-electron chi connectivity index (χ0n) is 18.7. The number of anilines is 2. The number of thiazole rings is 1. The molecule has 0 spiro atoms. The summed E-state index contributed by atoms with van der Waals surface area (Å²) in [5.41, 5.74) is 4.79. The van der Waals surface area contributed by atoms with Crippen LogP contribution in [0.3, 0.4) is 0 Å². The summed E-state index contributed by atoms with van der Waals surface area (Å²) >= 11 is 1.37. The molecule has 172 valence electrons. The van der Waals surface area contributed by atoms with Crippen molar-refractivity contribution in [2.24, 2.45) is 0 Å². The second kappa shape index (κ2) is 8.99.